The maximum absolute atomic E-state index is 14.1. The Hall–Kier alpha value is -3.71. The summed E-state index contributed by atoms with van der Waals surface area (Å²) in [6.45, 7) is 0.111. The van der Waals surface area contributed by atoms with Gasteiger partial charge in [0.05, 0.1) is 11.1 Å². The van der Waals surface area contributed by atoms with Crippen LogP contribution in [0.15, 0.2) is 71.5 Å². The second-order valence-corrected chi connectivity index (χ2v) is 7.69. The van der Waals surface area contributed by atoms with Crippen molar-refractivity contribution in [2.45, 2.75) is 0 Å². The largest absolute Gasteiger partial charge is 0.454 e. The third-order valence-corrected chi connectivity index (χ3v) is 5.89. The Labute approximate surface area is 174 Å². The van der Waals surface area contributed by atoms with Gasteiger partial charge in [-0.15, -0.1) is 11.3 Å². The van der Waals surface area contributed by atoms with E-state index < -0.39 is 11.7 Å². The monoisotopic (exact) mass is 419 g/mol. The first kappa shape index (κ1) is 18.3. The van der Waals surface area contributed by atoms with Crippen molar-refractivity contribution < 1.29 is 18.7 Å². The number of hydrogen-bond acceptors (Lipinski definition) is 5. The van der Waals surface area contributed by atoms with Crippen LogP contribution in [0.25, 0.3) is 21.2 Å². The van der Waals surface area contributed by atoms with E-state index in [1.54, 1.807) is 36.4 Å². The Morgan fingerprint density at radius 1 is 0.967 bits per heavy atom. The van der Waals surface area contributed by atoms with Gasteiger partial charge in [-0.05, 0) is 42.0 Å². The number of nitrogens with one attached hydrogen (secondary N) is 1. The number of anilines is 1. The molecule has 5 nitrogen and oxygen atoms in total. The van der Waals surface area contributed by atoms with Gasteiger partial charge in [0.25, 0.3) is 5.91 Å². The van der Waals surface area contributed by atoms with Crippen LogP contribution in [-0.2, 0) is 0 Å². The number of halogens is 1. The Morgan fingerprint density at radius 3 is 2.60 bits per heavy atom. The Balaban J connectivity index is 1.69. The summed E-state index contributed by atoms with van der Waals surface area (Å²) < 4.78 is 25.6. The summed E-state index contributed by atoms with van der Waals surface area (Å²) in [6, 6.07) is 18.0. The number of ether oxygens (including phenoxy) is 2. The molecule has 0 aliphatic carbocycles. The molecule has 0 unspecified atom stereocenters. The van der Waals surface area contributed by atoms with Crippen LogP contribution in [0.3, 0.4) is 0 Å². The summed E-state index contributed by atoms with van der Waals surface area (Å²) in [5.74, 6) is -0.141. The van der Waals surface area contributed by atoms with Crippen LogP contribution in [0, 0.1) is 5.82 Å². The van der Waals surface area contributed by atoms with Crippen LogP contribution in [0.4, 0.5) is 9.39 Å². The van der Waals surface area contributed by atoms with Gasteiger partial charge < -0.3 is 14.8 Å². The van der Waals surface area contributed by atoms with Crippen molar-refractivity contribution >= 4 is 32.3 Å². The first-order valence-corrected chi connectivity index (χ1v) is 9.95. The second kappa shape index (κ2) is 7.27. The smallest absolute Gasteiger partial charge is 0.259 e. The number of benzene rings is 3. The molecule has 1 aromatic heterocycles. The number of amides is 1. The topological polar surface area (TPSA) is 64.6 Å². The molecule has 0 radical (unpaired) electrons. The summed E-state index contributed by atoms with van der Waals surface area (Å²) in [4.78, 5) is 26.1. The van der Waals surface area contributed by atoms with Crippen molar-refractivity contribution in [3.8, 4) is 22.6 Å². The first-order valence-electron chi connectivity index (χ1n) is 9.13. The highest BCUT2D eigenvalue weighted by Gasteiger charge is 2.21. The van der Waals surface area contributed by atoms with Crippen molar-refractivity contribution in [2.24, 2.45) is 0 Å². The molecule has 4 aromatic rings. The lowest BCUT2D eigenvalue weighted by Gasteiger charge is -2.12. The molecule has 1 aliphatic heterocycles. The number of carbonyl (C=O) groups excluding carboxylic acids is 1. The molecule has 2 heterocycles. The average Bonchev–Trinajstić information content (AvgIpc) is 3.22. The van der Waals surface area contributed by atoms with Crippen molar-refractivity contribution in [1.29, 1.82) is 0 Å². The van der Waals surface area contributed by atoms with Crippen LogP contribution < -0.4 is 20.2 Å². The van der Waals surface area contributed by atoms with Crippen molar-refractivity contribution in [1.82, 2.24) is 0 Å². The molecule has 7 heteroatoms. The summed E-state index contributed by atoms with van der Waals surface area (Å²) in [7, 11) is 0. The van der Waals surface area contributed by atoms with Crippen LogP contribution in [0.5, 0.6) is 11.5 Å². The summed E-state index contributed by atoms with van der Waals surface area (Å²) in [5.41, 5.74) is 0.575. The quantitative estimate of drug-likeness (QED) is 0.505. The molecule has 0 atom stereocenters. The van der Waals surface area contributed by atoms with Gasteiger partial charge in [0, 0.05) is 10.1 Å². The lowest BCUT2D eigenvalue weighted by molar-refractivity contribution is 0.102. The third-order valence-electron chi connectivity index (χ3n) is 4.80. The number of carbonyl (C=O) groups is 1. The highest BCUT2D eigenvalue weighted by molar-refractivity contribution is 7.22. The minimum Gasteiger partial charge on any atom is -0.454 e. The SMILES string of the molecule is O=C(Nc1sc2ccccc2c(=O)c1-c1ccc2c(c1)OCO2)c1ccccc1F. The molecule has 0 fully saturated rings. The molecule has 148 valence electrons. The highest BCUT2D eigenvalue weighted by Crippen LogP contribution is 2.39. The lowest BCUT2D eigenvalue weighted by atomic mass is 10.0. The van der Waals surface area contributed by atoms with E-state index in [1.807, 2.05) is 12.1 Å². The predicted molar refractivity (Wildman–Crippen MR) is 114 cm³/mol. The molecule has 3 aromatic carbocycles. The summed E-state index contributed by atoms with van der Waals surface area (Å²) in [5, 5.41) is 3.61. The first-order chi connectivity index (χ1) is 14.6. The van der Waals surface area contributed by atoms with Gasteiger partial charge in [-0.3, -0.25) is 9.59 Å². The normalized spacial score (nSPS) is 12.2. The Bertz CT molecular complexity index is 1370. The Kier molecular flexibility index (Phi) is 4.44. The van der Waals surface area contributed by atoms with Gasteiger partial charge >= 0.3 is 0 Å². The second-order valence-electron chi connectivity index (χ2n) is 6.63. The zero-order valence-corrected chi connectivity index (χ0v) is 16.3. The highest BCUT2D eigenvalue weighted by atomic mass is 32.1. The molecule has 1 N–H and O–H groups in total. The van der Waals surface area contributed by atoms with Crippen LogP contribution in [-0.4, -0.2) is 12.7 Å². The van der Waals surface area contributed by atoms with Gasteiger partial charge in [0.2, 0.25) is 6.79 Å². The molecule has 0 bridgehead atoms. The molecule has 1 amide bonds. The standard InChI is InChI=1S/C23H14FNO4S/c24-16-7-3-1-5-14(16)22(27)25-23-20(13-9-10-17-18(11-13)29-12-28-17)21(26)15-6-2-4-8-19(15)30-23/h1-11H,12H2,(H,25,27). The van der Waals surface area contributed by atoms with Gasteiger partial charge in [-0.1, -0.05) is 30.3 Å². The zero-order chi connectivity index (χ0) is 20.7. The van der Waals surface area contributed by atoms with E-state index in [9.17, 15) is 14.0 Å². The Morgan fingerprint density at radius 2 is 1.73 bits per heavy atom. The minimum absolute atomic E-state index is 0.0954. The van der Waals surface area contributed by atoms with Crippen molar-refractivity contribution in [3.05, 3.63) is 88.3 Å². The third kappa shape index (κ3) is 3.09. The molecule has 0 saturated heterocycles. The number of hydrogen-bond donors (Lipinski definition) is 1. The molecule has 5 rings (SSSR count). The van der Waals surface area contributed by atoms with E-state index in [4.69, 9.17) is 9.47 Å². The van der Waals surface area contributed by atoms with E-state index in [0.29, 0.717) is 33.0 Å². The molecular weight excluding hydrogens is 405 g/mol. The van der Waals surface area contributed by atoms with Crippen LogP contribution in [0.1, 0.15) is 10.4 Å². The summed E-state index contributed by atoms with van der Waals surface area (Å²) >= 11 is 1.26. The number of fused-ring (bicyclic) bond motifs is 2. The fourth-order valence-corrected chi connectivity index (χ4v) is 4.45. The average molecular weight is 419 g/mol. The predicted octanol–water partition coefficient (Wildman–Crippen LogP) is 5.05. The van der Waals surface area contributed by atoms with E-state index >= 15 is 0 Å². The molecule has 0 saturated carbocycles. The van der Waals surface area contributed by atoms with Gasteiger partial charge in [0.1, 0.15) is 10.8 Å². The van der Waals surface area contributed by atoms with Crippen molar-refractivity contribution in [3.63, 3.8) is 0 Å². The maximum atomic E-state index is 14.1. The molecule has 1 aliphatic rings. The molecule has 0 spiro atoms. The van der Waals surface area contributed by atoms with E-state index in [1.165, 1.54) is 29.5 Å². The van der Waals surface area contributed by atoms with Crippen LogP contribution >= 0.6 is 11.3 Å². The minimum atomic E-state index is -0.632. The number of rotatable bonds is 3. The van der Waals surface area contributed by atoms with E-state index in [0.717, 1.165) is 4.70 Å². The van der Waals surface area contributed by atoms with Gasteiger partial charge in [-0.2, -0.15) is 0 Å². The van der Waals surface area contributed by atoms with Gasteiger partial charge in [-0.25, -0.2) is 4.39 Å². The molecule has 30 heavy (non-hydrogen) atoms. The summed E-state index contributed by atoms with van der Waals surface area (Å²) in [6.07, 6.45) is 0. The zero-order valence-electron chi connectivity index (χ0n) is 15.5. The fraction of sp³-hybridized carbons (Fsp3) is 0.0435. The molecular formula is C23H14FNO4S. The van der Waals surface area contributed by atoms with E-state index in [2.05, 4.69) is 5.32 Å². The lowest BCUT2D eigenvalue weighted by Crippen LogP contribution is -2.16. The maximum Gasteiger partial charge on any atom is 0.259 e. The van der Waals surface area contributed by atoms with Crippen molar-refractivity contribution in [2.75, 3.05) is 12.1 Å². The fourth-order valence-electron chi connectivity index (χ4n) is 3.36. The van der Waals surface area contributed by atoms with Crippen LogP contribution in [0.2, 0.25) is 0 Å². The van der Waals surface area contributed by atoms with E-state index in [-0.39, 0.29) is 17.8 Å². The van der Waals surface area contributed by atoms with Gasteiger partial charge in [0.15, 0.2) is 16.9 Å².